The second-order valence-electron chi connectivity index (χ2n) is 12.1. The van der Waals surface area contributed by atoms with Crippen molar-refractivity contribution in [2.24, 2.45) is 5.92 Å². The summed E-state index contributed by atoms with van der Waals surface area (Å²) in [4.78, 5) is 51.6. The van der Waals surface area contributed by atoms with Gasteiger partial charge in [0.2, 0.25) is 5.91 Å². The van der Waals surface area contributed by atoms with E-state index in [1.54, 1.807) is 52.1 Å². The van der Waals surface area contributed by atoms with E-state index in [1.807, 2.05) is 19.9 Å². The number of allylic oxidation sites excluding steroid dienone is 3. The summed E-state index contributed by atoms with van der Waals surface area (Å²) in [7, 11) is 3.03. The predicted octanol–water partition coefficient (Wildman–Crippen LogP) is 4.77. The van der Waals surface area contributed by atoms with E-state index < -0.39 is 59.4 Å². The fourth-order valence-corrected chi connectivity index (χ4v) is 6.07. The number of carbonyl (C=O) groups excluding carboxylic acids is 4. The van der Waals surface area contributed by atoms with Gasteiger partial charge in [-0.3, -0.25) is 19.2 Å². The van der Waals surface area contributed by atoms with Gasteiger partial charge in [-0.2, -0.15) is 0 Å². The van der Waals surface area contributed by atoms with E-state index in [9.17, 15) is 24.3 Å². The van der Waals surface area contributed by atoms with E-state index in [-0.39, 0.29) is 29.8 Å². The van der Waals surface area contributed by atoms with Crippen molar-refractivity contribution in [3.8, 4) is 0 Å². The van der Waals surface area contributed by atoms with Gasteiger partial charge in [0.25, 0.3) is 0 Å². The number of nitrogens with zero attached hydrogens (tertiary/aromatic N) is 1. The molecule has 3 rings (SSSR count). The predicted molar refractivity (Wildman–Crippen MR) is 166 cm³/mol. The first-order valence-corrected chi connectivity index (χ1v) is 15.1. The lowest BCUT2D eigenvalue weighted by Crippen LogP contribution is -2.46. The highest BCUT2D eigenvalue weighted by molar-refractivity contribution is 6.36. The zero-order valence-electron chi connectivity index (χ0n) is 26.7. The van der Waals surface area contributed by atoms with Gasteiger partial charge in [-0.05, 0) is 44.9 Å². The van der Waals surface area contributed by atoms with Crippen LogP contribution in [0, 0.1) is 5.92 Å². The zero-order valence-corrected chi connectivity index (χ0v) is 27.5. The van der Waals surface area contributed by atoms with E-state index in [2.05, 4.69) is 0 Å². The molecule has 10 nitrogen and oxygen atoms in total. The number of carbonyl (C=O) groups is 4. The first-order chi connectivity index (χ1) is 20.6. The number of ether oxygens (including phenoxy) is 4. The first kappa shape index (κ1) is 35.4. The van der Waals surface area contributed by atoms with Gasteiger partial charge in [0, 0.05) is 45.4 Å². The van der Waals surface area contributed by atoms with Gasteiger partial charge in [0.05, 0.1) is 28.8 Å². The second-order valence-corrected chi connectivity index (χ2v) is 12.5. The SMILES string of the molecule is CCC(=O)O[C@H]1CC(=O)N(C)c2cc(cc(C=O)c2Cl)C/C(C)=C/C=C/[C@@H](OC)[C@@](C)(O)C[C@H](OC(C)=O)[C@@H](C)[C@@H]2O[C@@]12C. The molecule has 2 bridgehead atoms. The summed E-state index contributed by atoms with van der Waals surface area (Å²) in [6.07, 6.45) is 3.23. The van der Waals surface area contributed by atoms with Crippen LogP contribution in [-0.2, 0) is 39.8 Å². The minimum absolute atomic E-state index is 0.0229. The van der Waals surface area contributed by atoms with Gasteiger partial charge in [-0.1, -0.05) is 49.2 Å². The van der Waals surface area contributed by atoms with Crippen molar-refractivity contribution in [3.05, 3.63) is 52.1 Å². The van der Waals surface area contributed by atoms with Gasteiger partial charge in [-0.15, -0.1) is 0 Å². The highest BCUT2D eigenvalue weighted by atomic mass is 35.5. The second kappa shape index (κ2) is 14.4. The molecular formula is C33H44ClNO9. The average Bonchev–Trinajstić information content (AvgIpc) is 3.65. The highest BCUT2D eigenvalue weighted by Gasteiger charge is 2.63. The number of rotatable bonds is 5. The maximum atomic E-state index is 13.7. The maximum absolute atomic E-state index is 13.7. The van der Waals surface area contributed by atoms with E-state index in [0.29, 0.717) is 18.4 Å². The van der Waals surface area contributed by atoms with Crippen LogP contribution >= 0.6 is 11.6 Å². The molecule has 7 atom stereocenters. The lowest BCUT2D eigenvalue weighted by atomic mass is 9.82. The van der Waals surface area contributed by atoms with Crippen LogP contribution in [0.15, 0.2) is 35.9 Å². The third kappa shape index (κ3) is 8.15. The Labute approximate surface area is 264 Å². The third-order valence-corrected chi connectivity index (χ3v) is 8.88. The van der Waals surface area contributed by atoms with E-state index in [1.165, 1.54) is 18.9 Å². The molecule has 44 heavy (non-hydrogen) atoms. The summed E-state index contributed by atoms with van der Waals surface area (Å²) in [5, 5.41) is 11.7. The molecule has 1 saturated heterocycles. The van der Waals surface area contributed by atoms with Crippen LogP contribution in [0.4, 0.5) is 5.69 Å². The maximum Gasteiger partial charge on any atom is 0.305 e. The number of epoxide rings is 1. The number of methoxy groups -OCH3 is 1. The molecule has 0 saturated carbocycles. The lowest BCUT2D eigenvalue weighted by molar-refractivity contribution is -0.156. The van der Waals surface area contributed by atoms with Gasteiger partial charge in [0.15, 0.2) is 6.29 Å². The minimum atomic E-state index is -1.45. The van der Waals surface area contributed by atoms with E-state index in [0.717, 1.165) is 11.1 Å². The molecule has 1 amide bonds. The Morgan fingerprint density at radius 3 is 2.52 bits per heavy atom. The molecule has 0 spiro atoms. The number of aliphatic hydroxyl groups is 1. The Morgan fingerprint density at radius 1 is 1.25 bits per heavy atom. The van der Waals surface area contributed by atoms with Crippen molar-refractivity contribution in [2.45, 2.75) is 103 Å². The Bertz CT molecular complexity index is 1320. The molecule has 11 heteroatoms. The van der Waals surface area contributed by atoms with Crippen LogP contribution in [0.5, 0.6) is 0 Å². The largest absolute Gasteiger partial charge is 0.462 e. The van der Waals surface area contributed by atoms with Crippen LogP contribution in [0.1, 0.15) is 76.7 Å². The van der Waals surface area contributed by atoms with Crippen molar-refractivity contribution >= 4 is 41.4 Å². The number of amides is 1. The number of esters is 2. The number of hydrogen-bond acceptors (Lipinski definition) is 9. The van der Waals surface area contributed by atoms with Crippen molar-refractivity contribution < 1.29 is 43.2 Å². The molecule has 1 fully saturated rings. The van der Waals surface area contributed by atoms with Crippen LogP contribution in [0.3, 0.4) is 0 Å². The molecule has 2 aliphatic rings. The van der Waals surface area contributed by atoms with Crippen molar-refractivity contribution in [3.63, 3.8) is 0 Å². The van der Waals surface area contributed by atoms with Crippen molar-refractivity contribution in [1.82, 2.24) is 0 Å². The molecule has 2 aliphatic heterocycles. The van der Waals surface area contributed by atoms with Crippen LogP contribution in [0.25, 0.3) is 0 Å². The summed E-state index contributed by atoms with van der Waals surface area (Å²) in [6.45, 7) is 10.0. The first-order valence-electron chi connectivity index (χ1n) is 14.8. The molecular weight excluding hydrogens is 590 g/mol. The lowest BCUT2D eigenvalue weighted by Gasteiger charge is -2.35. The molecule has 2 heterocycles. The molecule has 0 unspecified atom stereocenters. The van der Waals surface area contributed by atoms with Crippen molar-refractivity contribution in [1.29, 1.82) is 0 Å². The fraction of sp³-hybridized carbons (Fsp3) is 0.576. The Hall–Kier alpha value is -3.05. The number of anilines is 1. The highest BCUT2D eigenvalue weighted by Crippen LogP contribution is 2.48. The quantitative estimate of drug-likeness (QED) is 0.277. The molecule has 242 valence electrons. The summed E-state index contributed by atoms with van der Waals surface area (Å²) in [5.74, 6) is -1.90. The van der Waals surface area contributed by atoms with Gasteiger partial charge in [-0.25, -0.2) is 0 Å². The van der Waals surface area contributed by atoms with E-state index >= 15 is 0 Å². The Balaban J connectivity index is 2.14. The van der Waals surface area contributed by atoms with Gasteiger partial charge in [0.1, 0.15) is 23.9 Å². The average molecular weight is 634 g/mol. The number of hydrogen-bond donors (Lipinski definition) is 1. The van der Waals surface area contributed by atoms with Gasteiger partial charge >= 0.3 is 11.9 Å². The summed E-state index contributed by atoms with van der Waals surface area (Å²) in [5.41, 5.74) is -0.279. The fourth-order valence-electron chi connectivity index (χ4n) is 5.79. The van der Waals surface area contributed by atoms with Crippen LogP contribution in [-0.4, -0.2) is 79.0 Å². The number of benzene rings is 1. The number of aldehydes is 1. The Kier molecular flexibility index (Phi) is 11.6. The molecule has 1 aromatic carbocycles. The van der Waals surface area contributed by atoms with Gasteiger partial charge < -0.3 is 29.0 Å². The van der Waals surface area contributed by atoms with Crippen molar-refractivity contribution in [2.75, 3.05) is 19.1 Å². The monoisotopic (exact) mass is 633 g/mol. The van der Waals surface area contributed by atoms with Crippen LogP contribution < -0.4 is 4.90 Å². The molecule has 0 aromatic heterocycles. The summed E-state index contributed by atoms with van der Waals surface area (Å²) < 4.78 is 23.2. The standard InChI is InChI=1S/C33H44ClNO9/c1-9-29(39)43-27-16-28(38)35(7)24-15-22(14-23(18-36)30(24)34)13-19(2)11-10-12-26(41-8)32(5,40)17-25(42-21(4)37)20(3)31-33(27,6)44-31/h10-12,14-15,18,20,25-27,31,40H,9,13,16-17H2,1-8H3/b12-10+,19-11+/t20-,25+,26-,27+,31+,32+,33+/m1/s1. The smallest absolute Gasteiger partial charge is 0.305 e. The third-order valence-electron chi connectivity index (χ3n) is 8.47. The number of halogens is 1. The normalized spacial score (nSPS) is 33.4. The molecule has 1 aromatic rings. The van der Waals surface area contributed by atoms with E-state index in [4.69, 9.17) is 30.5 Å². The summed E-state index contributed by atoms with van der Waals surface area (Å²) >= 11 is 6.57. The zero-order chi connectivity index (χ0) is 33.0. The number of fused-ring (bicyclic) bond motifs is 3. The minimum Gasteiger partial charge on any atom is -0.462 e. The Morgan fingerprint density at radius 2 is 1.93 bits per heavy atom. The molecule has 1 N–H and O–H groups in total. The summed E-state index contributed by atoms with van der Waals surface area (Å²) in [6, 6.07) is 3.43. The molecule has 0 aliphatic carbocycles. The topological polar surface area (TPSA) is 132 Å². The molecule has 0 radical (unpaired) electrons. The van der Waals surface area contributed by atoms with Crippen LogP contribution in [0.2, 0.25) is 5.02 Å².